The third kappa shape index (κ3) is 2.83. The Balaban J connectivity index is 3.06. The largest absolute Gasteiger partial charge is 0.480 e. The second-order valence-corrected chi connectivity index (χ2v) is 3.91. The quantitative estimate of drug-likeness (QED) is 0.732. The predicted molar refractivity (Wildman–Crippen MR) is 59.0 cm³/mol. The van der Waals surface area contributed by atoms with Crippen LogP contribution in [0.5, 0.6) is 5.88 Å². The van der Waals surface area contributed by atoms with Gasteiger partial charge in [0, 0.05) is 12.5 Å². The van der Waals surface area contributed by atoms with E-state index in [4.69, 9.17) is 10.00 Å². The number of hydrogen-bond acceptors (Lipinski definition) is 5. The molecule has 0 N–H and O–H groups in total. The van der Waals surface area contributed by atoms with Crippen LogP contribution < -0.4 is 4.74 Å². The van der Waals surface area contributed by atoms with Gasteiger partial charge in [0.25, 0.3) is 0 Å². The van der Waals surface area contributed by atoms with Crippen LogP contribution >= 0.6 is 11.8 Å². The molecular formula is C10H13N3OS. The molecule has 0 bridgehead atoms. The van der Waals surface area contributed by atoms with E-state index in [-0.39, 0.29) is 5.92 Å². The standard InChI is InChI=1S/C10H13N3OS/c1-7(4-5-11)8-6-9(14-2)12-13-10(8)15-3/h6-7H,4H2,1-3H3. The zero-order chi connectivity index (χ0) is 11.3. The van der Waals surface area contributed by atoms with Crippen molar-refractivity contribution in [3.8, 4) is 11.9 Å². The highest BCUT2D eigenvalue weighted by Crippen LogP contribution is 2.28. The van der Waals surface area contributed by atoms with Crippen molar-refractivity contribution in [3.63, 3.8) is 0 Å². The van der Waals surface area contributed by atoms with E-state index in [2.05, 4.69) is 16.3 Å². The lowest BCUT2D eigenvalue weighted by Gasteiger charge is -2.11. The molecule has 5 heteroatoms. The Morgan fingerprint density at radius 1 is 1.60 bits per heavy atom. The summed E-state index contributed by atoms with van der Waals surface area (Å²) >= 11 is 1.53. The van der Waals surface area contributed by atoms with Crippen LogP contribution in [0.2, 0.25) is 0 Å². The summed E-state index contributed by atoms with van der Waals surface area (Å²) in [5, 5.41) is 17.5. The average Bonchev–Trinajstić information content (AvgIpc) is 2.28. The molecule has 0 aliphatic heterocycles. The van der Waals surface area contributed by atoms with Gasteiger partial charge in [-0.25, -0.2) is 0 Å². The first-order valence-corrected chi connectivity index (χ1v) is 5.78. The highest BCUT2D eigenvalue weighted by Gasteiger charge is 2.13. The molecule has 0 aromatic carbocycles. The first kappa shape index (κ1) is 11.8. The smallest absolute Gasteiger partial charge is 0.233 e. The summed E-state index contributed by atoms with van der Waals surface area (Å²) < 4.78 is 5.02. The number of methoxy groups -OCH3 is 1. The Bertz CT molecular complexity index is 375. The van der Waals surface area contributed by atoms with Gasteiger partial charge in [-0.2, -0.15) is 5.26 Å². The van der Waals surface area contributed by atoms with E-state index >= 15 is 0 Å². The molecule has 15 heavy (non-hydrogen) atoms. The van der Waals surface area contributed by atoms with E-state index < -0.39 is 0 Å². The number of hydrogen-bond donors (Lipinski definition) is 0. The van der Waals surface area contributed by atoms with Gasteiger partial charge in [-0.3, -0.25) is 0 Å². The normalized spacial score (nSPS) is 11.9. The van der Waals surface area contributed by atoms with E-state index in [1.54, 1.807) is 7.11 Å². The fourth-order valence-electron chi connectivity index (χ4n) is 1.23. The van der Waals surface area contributed by atoms with E-state index in [1.165, 1.54) is 11.8 Å². The zero-order valence-electron chi connectivity index (χ0n) is 9.02. The van der Waals surface area contributed by atoms with Crippen molar-refractivity contribution in [2.45, 2.75) is 24.3 Å². The summed E-state index contributed by atoms with van der Waals surface area (Å²) in [4.78, 5) is 0. The van der Waals surface area contributed by atoms with Crippen LogP contribution in [0.4, 0.5) is 0 Å². The molecule has 0 spiro atoms. The molecule has 0 radical (unpaired) electrons. The minimum atomic E-state index is 0.154. The van der Waals surface area contributed by atoms with E-state index in [9.17, 15) is 0 Å². The average molecular weight is 223 g/mol. The Morgan fingerprint density at radius 3 is 2.87 bits per heavy atom. The second kappa shape index (κ2) is 5.56. The van der Waals surface area contributed by atoms with Crippen LogP contribution in [0.1, 0.15) is 24.8 Å². The highest BCUT2D eigenvalue weighted by atomic mass is 32.2. The van der Waals surface area contributed by atoms with Crippen LogP contribution in [-0.2, 0) is 0 Å². The Kier molecular flexibility index (Phi) is 4.37. The van der Waals surface area contributed by atoms with Crippen molar-refractivity contribution < 1.29 is 4.74 Å². The van der Waals surface area contributed by atoms with Gasteiger partial charge in [-0.15, -0.1) is 22.0 Å². The number of aromatic nitrogens is 2. The van der Waals surface area contributed by atoms with Gasteiger partial charge in [0.05, 0.1) is 13.2 Å². The SMILES string of the molecule is COc1cc(C(C)CC#N)c(SC)nn1. The van der Waals surface area contributed by atoms with Crippen molar-refractivity contribution in [3.05, 3.63) is 11.6 Å². The van der Waals surface area contributed by atoms with Crippen molar-refractivity contribution in [2.75, 3.05) is 13.4 Å². The molecule has 1 aromatic heterocycles. The molecule has 1 atom stereocenters. The maximum atomic E-state index is 8.66. The van der Waals surface area contributed by atoms with Crippen LogP contribution in [0, 0.1) is 11.3 Å². The molecule has 0 saturated heterocycles. The summed E-state index contributed by atoms with van der Waals surface area (Å²) in [6.07, 6.45) is 2.42. The second-order valence-electron chi connectivity index (χ2n) is 3.11. The number of nitriles is 1. The molecule has 1 aromatic rings. The highest BCUT2D eigenvalue weighted by molar-refractivity contribution is 7.98. The molecule has 1 rings (SSSR count). The minimum absolute atomic E-state index is 0.154. The summed E-state index contributed by atoms with van der Waals surface area (Å²) in [5.41, 5.74) is 1.02. The minimum Gasteiger partial charge on any atom is -0.480 e. The summed E-state index contributed by atoms with van der Waals surface area (Å²) in [6, 6.07) is 4.00. The molecule has 0 fully saturated rings. The fraction of sp³-hybridized carbons (Fsp3) is 0.500. The molecule has 1 heterocycles. The molecular weight excluding hydrogens is 210 g/mol. The monoisotopic (exact) mass is 223 g/mol. The number of ether oxygens (including phenoxy) is 1. The van der Waals surface area contributed by atoms with E-state index in [0.29, 0.717) is 12.3 Å². The maximum Gasteiger partial charge on any atom is 0.233 e. The third-order valence-electron chi connectivity index (χ3n) is 2.10. The van der Waals surface area contributed by atoms with Gasteiger partial charge < -0.3 is 4.74 Å². The van der Waals surface area contributed by atoms with Crippen molar-refractivity contribution in [1.82, 2.24) is 10.2 Å². The van der Waals surface area contributed by atoms with Gasteiger partial charge in [0.2, 0.25) is 5.88 Å². The Labute approximate surface area is 93.7 Å². The van der Waals surface area contributed by atoms with Crippen LogP contribution in [-0.4, -0.2) is 23.6 Å². The fourth-order valence-corrected chi connectivity index (χ4v) is 1.85. The maximum absolute atomic E-state index is 8.66. The van der Waals surface area contributed by atoms with Crippen LogP contribution in [0.15, 0.2) is 11.1 Å². The molecule has 4 nitrogen and oxygen atoms in total. The number of thioether (sulfide) groups is 1. The van der Waals surface area contributed by atoms with Crippen LogP contribution in [0.3, 0.4) is 0 Å². The Morgan fingerprint density at radius 2 is 2.33 bits per heavy atom. The van der Waals surface area contributed by atoms with Crippen molar-refractivity contribution in [1.29, 1.82) is 5.26 Å². The Hall–Kier alpha value is -1.28. The van der Waals surface area contributed by atoms with E-state index in [0.717, 1.165) is 10.6 Å². The van der Waals surface area contributed by atoms with Gasteiger partial charge in [0.1, 0.15) is 5.03 Å². The first-order valence-electron chi connectivity index (χ1n) is 4.55. The van der Waals surface area contributed by atoms with Gasteiger partial charge in [0.15, 0.2) is 0 Å². The van der Waals surface area contributed by atoms with Crippen LogP contribution in [0.25, 0.3) is 0 Å². The lowest BCUT2D eigenvalue weighted by Crippen LogP contribution is -2.01. The molecule has 1 unspecified atom stereocenters. The lowest BCUT2D eigenvalue weighted by molar-refractivity contribution is 0.388. The molecule has 80 valence electrons. The number of rotatable bonds is 4. The molecule has 0 amide bonds. The van der Waals surface area contributed by atoms with E-state index in [1.807, 2.05) is 19.2 Å². The van der Waals surface area contributed by atoms with Gasteiger partial charge in [-0.05, 0) is 17.7 Å². The number of nitrogens with zero attached hydrogens (tertiary/aromatic N) is 3. The predicted octanol–water partition coefficient (Wildman–Crippen LogP) is 2.22. The lowest BCUT2D eigenvalue weighted by atomic mass is 10.0. The van der Waals surface area contributed by atoms with Gasteiger partial charge >= 0.3 is 0 Å². The summed E-state index contributed by atoms with van der Waals surface area (Å²) in [6.45, 7) is 2.00. The molecule has 0 aliphatic rings. The molecule has 0 aliphatic carbocycles. The van der Waals surface area contributed by atoms with Crippen molar-refractivity contribution in [2.24, 2.45) is 0 Å². The topological polar surface area (TPSA) is 58.8 Å². The summed E-state index contributed by atoms with van der Waals surface area (Å²) in [7, 11) is 1.56. The summed E-state index contributed by atoms with van der Waals surface area (Å²) in [5.74, 6) is 0.648. The van der Waals surface area contributed by atoms with Gasteiger partial charge in [-0.1, -0.05) is 6.92 Å². The van der Waals surface area contributed by atoms with Crippen molar-refractivity contribution >= 4 is 11.8 Å². The first-order chi connectivity index (χ1) is 7.22. The molecule has 0 saturated carbocycles. The zero-order valence-corrected chi connectivity index (χ0v) is 9.84. The third-order valence-corrected chi connectivity index (χ3v) is 2.80.